The third kappa shape index (κ3) is 4.65. The minimum Gasteiger partial charge on any atom is -0.320 e. The number of hydrogen-bond donors (Lipinski definition) is 2. The Morgan fingerprint density at radius 1 is 1.10 bits per heavy atom. The molecule has 3 amide bonds. The summed E-state index contributed by atoms with van der Waals surface area (Å²) in [6.45, 7) is 0.595. The molecule has 1 fully saturated rings. The zero-order valence-corrected chi connectivity index (χ0v) is 18.0. The van der Waals surface area contributed by atoms with Gasteiger partial charge >= 0.3 is 6.03 Å². The van der Waals surface area contributed by atoms with Crippen LogP contribution in [0.2, 0.25) is 0 Å². The van der Waals surface area contributed by atoms with Crippen molar-refractivity contribution >= 4 is 50.6 Å². The Hall–Kier alpha value is -2.85. The fourth-order valence-corrected chi connectivity index (χ4v) is 4.36. The van der Waals surface area contributed by atoms with Crippen LogP contribution in [0.3, 0.4) is 0 Å². The van der Waals surface area contributed by atoms with E-state index < -0.39 is 11.7 Å². The van der Waals surface area contributed by atoms with Crippen LogP contribution in [0, 0.1) is 5.82 Å². The smallest absolute Gasteiger partial charge is 0.320 e. The fourth-order valence-electron chi connectivity index (χ4n) is 3.21. The highest BCUT2D eigenvalue weighted by molar-refractivity contribution is 9.10. The van der Waals surface area contributed by atoms with Crippen LogP contribution >= 0.6 is 27.3 Å². The van der Waals surface area contributed by atoms with E-state index in [-0.39, 0.29) is 17.1 Å². The maximum absolute atomic E-state index is 13.3. The third-order valence-corrected chi connectivity index (χ3v) is 6.16. The number of carbonyl (C=O) groups is 2. The van der Waals surface area contributed by atoms with Crippen LogP contribution in [0.4, 0.5) is 20.6 Å². The lowest BCUT2D eigenvalue weighted by molar-refractivity contribution is 0.102. The van der Waals surface area contributed by atoms with E-state index in [4.69, 9.17) is 0 Å². The Morgan fingerprint density at radius 3 is 2.67 bits per heavy atom. The molecular weight excluding hydrogens is 473 g/mol. The van der Waals surface area contributed by atoms with Crippen molar-refractivity contribution in [3.63, 3.8) is 0 Å². The Kier molecular flexibility index (Phi) is 6.05. The molecule has 154 valence electrons. The van der Waals surface area contributed by atoms with Crippen LogP contribution in [0.1, 0.15) is 33.7 Å². The summed E-state index contributed by atoms with van der Waals surface area (Å²) in [5, 5.41) is 14.4. The number of likely N-dealkylation sites (tertiary alicyclic amines) is 1. The summed E-state index contributed by atoms with van der Waals surface area (Å²) in [7, 11) is 0. The molecule has 1 aliphatic heterocycles. The number of hydrogen-bond acceptors (Lipinski definition) is 5. The minimum atomic E-state index is -0.465. The molecule has 0 radical (unpaired) electrons. The second-order valence-electron chi connectivity index (χ2n) is 6.70. The number of anilines is 2. The Labute approximate surface area is 184 Å². The Balaban J connectivity index is 1.44. The molecule has 2 heterocycles. The predicted octanol–water partition coefficient (Wildman–Crippen LogP) is 5.06. The van der Waals surface area contributed by atoms with Gasteiger partial charge in [0, 0.05) is 22.4 Å². The van der Waals surface area contributed by atoms with E-state index >= 15 is 0 Å². The van der Waals surface area contributed by atoms with Crippen LogP contribution in [-0.4, -0.2) is 33.6 Å². The molecule has 1 aromatic heterocycles. The van der Waals surface area contributed by atoms with Crippen molar-refractivity contribution in [3.05, 3.63) is 68.8 Å². The number of rotatable bonds is 4. The van der Waals surface area contributed by atoms with Gasteiger partial charge in [-0.1, -0.05) is 33.3 Å². The molecule has 1 aliphatic rings. The molecule has 4 rings (SSSR count). The monoisotopic (exact) mass is 489 g/mol. The van der Waals surface area contributed by atoms with Crippen LogP contribution in [0.25, 0.3) is 0 Å². The van der Waals surface area contributed by atoms with Crippen molar-refractivity contribution in [3.8, 4) is 0 Å². The molecular formula is C20H17BrFN5O2S. The zero-order chi connectivity index (χ0) is 21.1. The summed E-state index contributed by atoms with van der Waals surface area (Å²) in [6.07, 6.45) is 1.58. The van der Waals surface area contributed by atoms with Crippen molar-refractivity contribution < 1.29 is 14.0 Å². The number of halogens is 2. The number of nitrogens with one attached hydrogen (secondary N) is 2. The van der Waals surface area contributed by atoms with Gasteiger partial charge in [-0.25, -0.2) is 9.18 Å². The quantitative estimate of drug-likeness (QED) is 0.535. The number of nitrogens with zero attached hydrogens (tertiary/aromatic N) is 3. The van der Waals surface area contributed by atoms with Gasteiger partial charge in [0.15, 0.2) is 0 Å². The highest BCUT2D eigenvalue weighted by Gasteiger charge is 2.33. The number of benzene rings is 2. The lowest BCUT2D eigenvalue weighted by Gasteiger charge is -2.23. The molecule has 3 aromatic rings. The van der Waals surface area contributed by atoms with Gasteiger partial charge in [0.25, 0.3) is 5.91 Å². The Bertz CT molecular complexity index is 1080. The second-order valence-corrected chi connectivity index (χ2v) is 8.62. The molecule has 7 nitrogen and oxygen atoms in total. The summed E-state index contributed by atoms with van der Waals surface area (Å²) in [6, 6.07) is 12.5. The van der Waals surface area contributed by atoms with E-state index in [2.05, 4.69) is 36.8 Å². The van der Waals surface area contributed by atoms with Gasteiger partial charge in [-0.05, 0) is 55.3 Å². The number of amides is 3. The first-order valence-electron chi connectivity index (χ1n) is 9.23. The average molecular weight is 490 g/mol. The van der Waals surface area contributed by atoms with E-state index in [1.807, 2.05) is 24.3 Å². The van der Waals surface area contributed by atoms with E-state index in [0.717, 1.165) is 28.7 Å². The number of carbonyl (C=O) groups excluding carboxylic acids is 2. The number of aromatic nitrogens is 2. The van der Waals surface area contributed by atoms with Gasteiger partial charge in [0.1, 0.15) is 10.8 Å². The van der Waals surface area contributed by atoms with Gasteiger partial charge in [0.2, 0.25) is 5.01 Å². The van der Waals surface area contributed by atoms with Gasteiger partial charge < -0.3 is 15.5 Å². The summed E-state index contributed by atoms with van der Waals surface area (Å²) in [4.78, 5) is 26.9. The van der Waals surface area contributed by atoms with Crippen LogP contribution in [-0.2, 0) is 0 Å². The predicted molar refractivity (Wildman–Crippen MR) is 116 cm³/mol. The van der Waals surface area contributed by atoms with Crippen molar-refractivity contribution in [1.82, 2.24) is 15.1 Å². The first-order chi connectivity index (χ1) is 14.5. The van der Waals surface area contributed by atoms with Gasteiger partial charge in [-0.3, -0.25) is 4.79 Å². The molecule has 0 unspecified atom stereocenters. The molecule has 1 atom stereocenters. The molecule has 0 aliphatic carbocycles. The molecule has 2 N–H and O–H groups in total. The molecule has 0 saturated carbocycles. The largest absolute Gasteiger partial charge is 0.322 e. The highest BCUT2D eigenvalue weighted by Crippen LogP contribution is 2.34. The van der Waals surface area contributed by atoms with E-state index in [0.29, 0.717) is 22.9 Å². The normalized spacial score (nSPS) is 15.8. The van der Waals surface area contributed by atoms with Gasteiger partial charge in [-0.15, -0.1) is 10.2 Å². The molecule has 2 aromatic carbocycles. The van der Waals surface area contributed by atoms with E-state index in [1.165, 1.54) is 18.2 Å². The molecule has 1 saturated heterocycles. The maximum atomic E-state index is 13.3. The van der Waals surface area contributed by atoms with Crippen LogP contribution < -0.4 is 10.6 Å². The standard InChI is InChI=1S/C20H17BrFN5O2S/c21-12-6-8-14(9-7-12)24-20(29)27-10-2-5-16(27)18-25-26-19(30-18)17(28)23-15-4-1-3-13(22)11-15/h1,3-4,6-9,11,16H,2,5,10H2,(H,23,28)(H,24,29)/t16-/m0/s1. The van der Waals surface area contributed by atoms with Crippen molar-refractivity contribution in [1.29, 1.82) is 0 Å². The topological polar surface area (TPSA) is 87.2 Å². The van der Waals surface area contributed by atoms with Gasteiger partial charge in [0.05, 0.1) is 6.04 Å². The summed E-state index contributed by atoms with van der Waals surface area (Å²) < 4.78 is 14.2. The van der Waals surface area contributed by atoms with Crippen molar-refractivity contribution in [2.75, 3.05) is 17.2 Å². The number of urea groups is 1. The summed E-state index contributed by atoms with van der Waals surface area (Å²) >= 11 is 4.50. The van der Waals surface area contributed by atoms with Crippen molar-refractivity contribution in [2.45, 2.75) is 18.9 Å². The third-order valence-electron chi connectivity index (χ3n) is 4.61. The fraction of sp³-hybridized carbons (Fsp3) is 0.200. The lowest BCUT2D eigenvalue weighted by Crippen LogP contribution is -2.34. The Morgan fingerprint density at radius 2 is 1.90 bits per heavy atom. The average Bonchev–Trinajstić information content (AvgIpc) is 3.39. The minimum absolute atomic E-state index is 0.162. The molecule has 30 heavy (non-hydrogen) atoms. The van der Waals surface area contributed by atoms with E-state index in [1.54, 1.807) is 11.0 Å². The summed E-state index contributed by atoms with van der Waals surface area (Å²) in [5.74, 6) is -0.905. The second kappa shape index (κ2) is 8.88. The van der Waals surface area contributed by atoms with Crippen LogP contribution in [0.5, 0.6) is 0 Å². The maximum Gasteiger partial charge on any atom is 0.322 e. The SMILES string of the molecule is O=C(Nc1cccc(F)c1)c1nnc([C@@H]2CCCN2C(=O)Nc2ccc(Br)cc2)s1. The highest BCUT2D eigenvalue weighted by atomic mass is 79.9. The summed E-state index contributed by atoms with van der Waals surface area (Å²) in [5.41, 5.74) is 1.04. The molecule has 0 bridgehead atoms. The lowest BCUT2D eigenvalue weighted by atomic mass is 10.2. The zero-order valence-electron chi connectivity index (χ0n) is 15.6. The molecule has 10 heteroatoms. The first kappa shape index (κ1) is 20.4. The van der Waals surface area contributed by atoms with Crippen LogP contribution in [0.15, 0.2) is 53.0 Å². The van der Waals surface area contributed by atoms with E-state index in [9.17, 15) is 14.0 Å². The van der Waals surface area contributed by atoms with Crippen molar-refractivity contribution in [2.24, 2.45) is 0 Å². The van der Waals surface area contributed by atoms with Gasteiger partial charge in [-0.2, -0.15) is 0 Å². The molecule has 0 spiro atoms. The first-order valence-corrected chi connectivity index (χ1v) is 10.8.